The summed E-state index contributed by atoms with van der Waals surface area (Å²) in [4.78, 5) is 26.3. The van der Waals surface area contributed by atoms with Gasteiger partial charge in [0.2, 0.25) is 0 Å². The summed E-state index contributed by atoms with van der Waals surface area (Å²) in [5.74, 6) is -0.781. The minimum atomic E-state index is -0.459. The maximum absolute atomic E-state index is 13.3. The highest BCUT2D eigenvalue weighted by molar-refractivity contribution is 6.04. The van der Waals surface area contributed by atoms with E-state index in [9.17, 15) is 9.59 Å². The van der Waals surface area contributed by atoms with Crippen LogP contribution in [0.15, 0.2) is 71.1 Å². The molecule has 4 rings (SSSR count). The largest absolute Gasteiger partial charge is 0.463 e. The first-order valence-electron chi connectivity index (χ1n) is 11.3. The minimum Gasteiger partial charge on any atom is -0.463 e. The van der Waals surface area contributed by atoms with Gasteiger partial charge in [-0.2, -0.15) is 5.26 Å². The summed E-state index contributed by atoms with van der Waals surface area (Å²) < 4.78 is 5.38. The molecule has 2 aliphatic rings. The van der Waals surface area contributed by atoms with Gasteiger partial charge in [0.15, 0.2) is 5.78 Å². The molecule has 0 spiro atoms. The first kappa shape index (κ1) is 22.5. The first-order chi connectivity index (χ1) is 15.7. The molecule has 1 atom stereocenters. The average Bonchev–Trinajstić information content (AvgIpc) is 2.77. The molecule has 1 unspecified atom stereocenters. The van der Waals surface area contributed by atoms with Crippen LogP contribution in [0.2, 0.25) is 0 Å². The normalized spacial score (nSPS) is 19.5. The van der Waals surface area contributed by atoms with Crippen molar-refractivity contribution in [1.29, 1.82) is 5.26 Å². The summed E-state index contributed by atoms with van der Waals surface area (Å²) in [5, 5.41) is 12.4. The predicted octanol–water partition coefficient (Wildman–Crippen LogP) is 5.39. The van der Waals surface area contributed by atoms with E-state index in [1.165, 1.54) is 0 Å². The number of ketones is 1. The van der Waals surface area contributed by atoms with Crippen molar-refractivity contribution in [2.24, 2.45) is 5.41 Å². The van der Waals surface area contributed by atoms with Crippen LogP contribution in [0.4, 0.5) is 0 Å². The number of benzene rings is 2. The number of ether oxygens (including phenoxy) is 1. The summed E-state index contributed by atoms with van der Waals surface area (Å²) in [6.07, 6.45) is 1.20. The molecule has 0 fully saturated rings. The van der Waals surface area contributed by atoms with E-state index in [0.717, 1.165) is 34.5 Å². The van der Waals surface area contributed by atoms with Crippen molar-refractivity contribution in [2.45, 2.75) is 46.5 Å². The predicted molar refractivity (Wildman–Crippen MR) is 127 cm³/mol. The fourth-order valence-corrected chi connectivity index (χ4v) is 4.85. The number of esters is 1. The molecule has 0 bridgehead atoms. The van der Waals surface area contributed by atoms with E-state index in [1.807, 2.05) is 43.3 Å². The number of allylic oxidation sites excluding steroid dienone is 3. The number of hydrogen-bond acceptors (Lipinski definition) is 5. The lowest BCUT2D eigenvalue weighted by atomic mass is 9.68. The molecule has 2 aromatic carbocycles. The highest BCUT2D eigenvalue weighted by Crippen LogP contribution is 2.47. The molecule has 168 valence electrons. The van der Waals surface area contributed by atoms with Crippen molar-refractivity contribution in [2.75, 3.05) is 6.61 Å². The number of nitrogens with one attached hydrogen (secondary N) is 1. The number of dihydropyridines is 1. The molecule has 1 aliphatic heterocycles. The Bertz CT molecular complexity index is 1210. The third-order valence-corrected chi connectivity index (χ3v) is 6.33. The van der Waals surface area contributed by atoms with Gasteiger partial charge in [-0.3, -0.25) is 4.79 Å². The molecular weight excluding hydrogens is 412 g/mol. The lowest BCUT2D eigenvalue weighted by Crippen LogP contribution is -2.38. The molecule has 1 N–H and O–H groups in total. The van der Waals surface area contributed by atoms with E-state index < -0.39 is 11.9 Å². The SMILES string of the molecule is CCOC(=O)C1=C(C)NC2=C(C(=O)CC(C)(C)C2)C1c1ccc(-c2ccc(C#N)cc2)cc1. The molecule has 0 aromatic heterocycles. The lowest BCUT2D eigenvalue weighted by molar-refractivity contribution is -0.138. The van der Waals surface area contributed by atoms with Crippen molar-refractivity contribution >= 4 is 11.8 Å². The zero-order valence-electron chi connectivity index (χ0n) is 19.5. The minimum absolute atomic E-state index is 0.0733. The number of nitriles is 1. The van der Waals surface area contributed by atoms with Crippen LogP contribution in [0, 0.1) is 16.7 Å². The maximum atomic E-state index is 13.3. The van der Waals surface area contributed by atoms with E-state index in [1.54, 1.807) is 19.1 Å². The third kappa shape index (κ3) is 4.34. The molecule has 1 aliphatic carbocycles. The lowest BCUT2D eigenvalue weighted by Gasteiger charge is -2.39. The molecular formula is C28H28N2O3. The highest BCUT2D eigenvalue weighted by atomic mass is 16.5. The number of nitrogens with zero attached hydrogens (tertiary/aromatic N) is 1. The van der Waals surface area contributed by atoms with Gasteiger partial charge in [0, 0.05) is 29.3 Å². The molecule has 0 radical (unpaired) electrons. The Morgan fingerprint density at radius 3 is 2.27 bits per heavy atom. The Morgan fingerprint density at radius 2 is 1.70 bits per heavy atom. The second-order valence-corrected chi connectivity index (χ2v) is 9.46. The van der Waals surface area contributed by atoms with Gasteiger partial charge in [0.05, 0.1) is 23.8 Å². The van der Waals surface area contributed by atoms with Crippen LogP contribution in [0.25, 0.3) is 11.1 Å². The Hall–Kier alpha value is -3.65. The molecule has 0 amide bonds. The van der Waals surface area contributed by atoms with Gasteiger partial charge in [0.1, 0.15) is 0 Å². The standard InChI is InChI=1S/C28H28N2O3/c1-5-33-27(32)24-17(2)30-22-14-28(3,4)15-23(31)26(22)25(24)21-12-10-20(11-13-21)19-8-6-18(16-29)7-9-19/h6-13,25,30H,5,14-15H2,1-4H3. The van der Waals surface area contributed by atoms with Gasteiger partial charge in [-0.15, -0.1) is 0 Å². The van der Waals surface area contributed by atoms with E-state index >= 15 is 0 Å². The quantitative estimate of drug-likeness (QED) is 0.645. The van der Waals surface area contributed by atoms with Crippen LogP contribution in [-0.4, -0.2) is 18.4 Å². The number of Topliss-reactive ketones (excluding diaryl/α,β-unsaturated/α-hetero) is 1. The Labute approximate surface area is 194 Å². The van der Waals surface area contributed by atoms with E-state index in [4.69, 9.17) is 10.00 Å². The van der Waals surface area contributed by atoms with Crippen LogP contribution in [0.1, 0.15) is 57.6 Å². The third-order valence-electron chi connectivity index (χ3n) is 6.33. The van der Waals surface area contributed by atoms with Crippen molar-refractivity contribution in [3.63, 3.8) is 0 Å². The Kier molecular flexibility index (Phi) is 5.95. The van der Waals surface area contributed by atoms with Gasteiger partial charge in [0.25, 0.3) is 0 Å². The van der Waals surface area contributed by atoms with Crippen LogP contribution in [-0.2, 0) is 14.3 Å². The zero-order chi connectivity index (χ0) is 23.8. The number of rotatable bonds is 4. The van der Waals surface area contributed by atoms with Gasteiger partial charge in [-0.05, 0) is 54.5 Å². The summed E-state index contributed by atoms with van der Waals surface area (Å²) in [6, 6.07) is 17.5. The van der Waals surface area contributed by atoms with Crippen LogP contribution in [0.3, 0.4) is 0 Å². The topological polar surface area (TPSA) is 79.2 Å². The first-order valence-corrected chi connectivity index (χ1v) is 11.3. The van der Waals surface area contributed by atoms with E-state index in [2.05, 4.69) is 25.2 Å². The highest BCUT2D eigenvalue weighted by Gasteiger charge is 2.43. The van der Waals surface area contributed by atoms with Crippen molar-refractivity contribution in [3.8, 4) is 17.2 Å². The number of carbonyl (C=O) groups is 2. The summed E-state index contributed by atoms with van der Waals surface area (Å²) in [5.41, 5.74) is 6.18. The molecule has 0 saturated heterocycles. The van der Waals surface area contributed by atoms with Crippen LogP contribution >= 0.6 is 0 Å². The molecule has 1 heterocycles. The van der Waals surface area contributed by atoms with Gasteiger partial charge >= 0.3 is 5.97 Å². The van der Waals surface area contributed by atoms with Crippen molar-refractivity contribution in [3.05, 3.63) is 82.2 Å². The Balaban J connectivity index is 1.78. The monoisotopic (exact) mass is 440 g/mol. The summed E-state index contributed by atoms with van der Waals surface area (Å²) >= 11 is 0. The smallest absolute Gasteiger partial charge is 0.336 e. The number of hydrogen-bond donors (Lipinski definition) is 1. The summed E-state index contributed by atoms with van der Waals surface area (Å²) in [6.45, 7) is 8.12. The average molecular weight is 441 g/mol. The second kappa shape index (κ2) is 8.71. The molecule has 0 saturated carbocycles. The molecule has 5 nitrogen and oxygen atoms in total. The summed E-state index contributed by atoms with van der Waals surface area (Å²) in [7, 11) is 0. The zero-order valence-corrected chi connectivity index (χ0v) is 19.5. The van der Waals surface area contributed by atoms with Gasteiger partial charge in [-0.25, -0.2) is 4.79 Å². The maximum Gasteiger partial charge on any atom is 0.336 e. The van der Waals surface area contributed by atoms with Gasteiger partial charge < -0.3 is 10.1 Å². The Morgan fingerprint density at radius 1 is 1.09 bits per heavy atom. The van der Waals surface area contributed by atoms with Gasteiger partial charge in [-0.1, -0.05) is 50.2 Å². The van der Waals surface area contributed by atoms with Crippen LogP contribution in [0.5, 0.6) is 0 Å². The second-order valence-electron chi connectivity index (χ2n) is 9.46. The molecule has 2 aromatic rings. The van der Waals surface area contributed by atoms with E-state index in [-0.39, 0.29) is 17.8 Å². The fraction of sp³-hybridized carbons (Fsp3) is 0.321. The van der Waals surface area contributed by atoms with Crippen molar-refractivity contribution in [1.82, 2.24) is 5.32 Å². The number of carbonyl (C=O) groups excluding carboxylic acids is 2. The van der Waals surface area contributed by atoms with Crippen molar-refractivity contribution < 1.29 is 14.3 Å². The van der Waals surface area contributed by atoms with Crippen LogP contribution < -0.4 is 5.32 Å². The van der Waals surface area contributed by atoms with E-state index in [0.29, 0.717) is 23.1 Å². The fourth-order valence-electron chi connectivity index (χ4n) is 4.85. The molecule has 33 heavy (non-hydrogen) atoms. The molecule has 5 heteroatoms.